The van der Waals surface area contributed by atoms with Crippen molar-refractivity contribution in [2.75, 3.05) is 7.11 Å². The number of ether oxygens (including phenoxy) is 1. The Balaban J connectivity index is 2.43. The van der Waals surface area contributed by atoms with Crippen molar-refractivity contribution >= 4 is 15.9 Å². The van der Waals surface area contributed by atoms with Gasteiger partial charge in [0.05, 0.1) is 11.9 Å². The third-order valence-corrected chi connectivity index (χ3v) is 3.77. The van der Waals surface area contributed by atoms with Crippen LogP contribution >= 0.6 is 15.9 Å². The number of alkyl halides is 1. The minimum Gasteiger partial charge on any atom is -0.496 e. The van der Waals surface area contributed by atoms with E-state index in [2.05, 4.69) is 47.1 Å². The molecular weight excluding hydrogens is 276 g/mol. The maximum atomic E-state index is 5.41. The molecule has 0 radical (unpaired) electrons. The number of benzene rings is 2. The fourth-order valence-electron chi connectivity index (χ4n) is 1.85. The van der Waals surface area contributed by atoms with Gasteiger partial charge in [0.1, 0.15) is 5.75 Å². The molecule has 0 N–H and O–H groups in total. The lowest BCUT2D eigenvalue weighted by molar-refractivity contribution is 0.410. The summed E-state index contributed by atoms with van der Waals surface area (Å²) in [5, 5.41) is 0. The summed E-state index contributed by atoms with van der Waals surface area (Å²) >= 11 is 3.74. The predicted octanol–water partition coefficient (Wildman–Crippen LogP) is 4.49. The number of aryl methyl sites for hydroxylation is 1. The van der Waals surface area contributed by atoms with Gasteiger partial charge in [-0.2, -0.15) is 0 Å². The molecule has 2 heteroatoms. The second-order valence-electron chi connectivity index (χ2n) is 4.02. The summed E-state index contributed by atoms with van der Waals surface area (Å²) in [6.45, 7) is 2.09. The summed E-state index contributed by atoms with van der Waals surface area (Å²) in [6, 6.07) is 16.6. The summed E-state index contributed by atoms with van der Waals surface area (Å²) in [4.78, 5) is 0.165. The molecule has 0 aliphatic carbocycles. The molecule has 2 rings (SSSR count). The van der Waals surface area contributed by atoms with Gasteiger partial charge in [0.2, 0.25) is 0 Å². The number of hydrogen-bond donors (Lipinski definition) is 0. The van der Waals surface area contributed by atoms with Gasteiger partial charge >= 0.3 is 0 Å². The molecule has 0 amide bonds. The SMILES string of the molecule is COc1ccc(C)cc1C(Br)c1ccccc1. The van der Waals surface area contributed by atoms with Crippen LogP contribution in [0.25, 0.3) is 0 Å². The maximum Gasteiger partial charge on any atom is 0.123 e. The average Bonchev–Trinajstić information content (AvgIpc) is 2.39. The fraction of sp³-hybridized carbons (Fsp3) is 0.200. The highest BCUT2D eigenvalue weighted by Crippen LogP contribution is 2.36. The molecule has 2 aromatic carbocycles. The van der Waals surface area contributed by atoms with Crippen molar-refractivity contribution in [3.8, 4) is 5.75 Å². The van der Waals surface area contributed by atoms with Crippen LogP contribution in [0.5, 0.6) is 5.75 Å². The first-order valence-electron chi connectivity index (χ1n) is 5.56. The maximum absolute atomic E-state index is 5.41. The Labute approximate surface area is 111 Å². The highest BCUT2D eigenvalue weighted by atomic mass is 79.9. The smallest absolute Gasteiger partial charge is 0.123 e. The number of hydrogen-bond acceptors (Lipinski definition) is 1. The fourth-order valence-corrected chi connectivity index (χ4v) is 2.52. The Morgan fingerprint density at radius 2 is 1.76 bits per heavy atom. The lowest BCUT2D eigenvalue weighted by Gasteiger charge is -2.15. The van der Waals surface area contributed by atoms with E-state index >= 15 is 0 Å². The van der Waals surface area contributed by atoms with Crippen molar-refractivity contribution in [3.05, 3.63) is 65.2 Å². The second kappa shape index (κ2) is 5.37. The molecule has 1 atom stereocenters. The number of methoxy groups -OCH3 is 1. The third kappa shape index (κ3) is 2.70. The van der Waals surface area contributed by atoms with Crippen LogP contribution in [0.1, 0.15) is 21.5 Å². The van der Waals surface area contributed by atoms with Crippen LogP contribution in [0.2, 0.25) is 0 Å². The highest BCUT2D eigenvalue weighted by molar-refractivity contribution is 9.09. The van der Waals surface area contributed by atoms with Gasteiger partial charge in [0.15, 0.2) is 0 Å². The molecule has 0 heterocycles. The van der Waals surface area contributed by atoms with E-state index in [0.29, 0.717) is 0 Å². The van der Waals surface area contributed by atoms with E-state index in [-0.39, 0.29) is 4.83 Å². The Hall–Kier alpha value is -1.28. The first-order chi connectivity index (χ1) is 8.22. The molecule has 88 valence electrons. The van der Waals surface area contributed by atoms with Crippen LogP contribution in [0, 0.1) is 6.92 Å². The van der Waals surface area contributed by atoms with Gasteiger partial charge in [0.25, 0.3) is 0 Å². The summed E-state index contributed by atoms with van der Waals surface area (Å²) < 4.78 is 5.41. The van der Waals surface area contributed by atoms with E-state index < -0.39 is 0 Å². The lowest BCUT2D eigenvalue weighted by Crippen LogP contribution is -1.97. The molecule has 17 heavy (non-hydrogen) atoms. The Kier molecular flexibility index (Phi) is 3.85. The van der Waals surface area contributed by atoms with Crippen molar-refractivity contribution in [2.45, 2.75) is 11.8 Å². The normalized spacial score (nSPS) is 12.2. The molecule has 0 bridgehead atoms. The van der Waals surface area contributed by atoms with Crippen LogP contribution in [0.4, 0.5) is 0 Å². The van der Waals surface area contributed by atoms with Crippen LogP contribution in [-0.2, 0) is 0 Å². The van der Waals surface area contributed by atoms with Gasteiger partial charge in [-0.3, -0.25) is 0 Å². The summed E-state index contributed by atoms with van der Waals surface area (Å²) in [6.07, 6.45) is 0. The largest absolute Gasteiger partial charge is 0.496 e. The van der Waals surface area contributed by atoms with Crippen LogP contribution < -0.4 is 4.74 Å². The third-order valence-electron chi connectivity index (χ3n) is 2.75. The minimum absolute atomic E-state index is 0.165. The Morgan fingerprint density at radius 1 is 1.06 bits per heavy atom. The molecule has 0 aliphatic rings. The average molecular weight is 291 g/mol. The molecular formula is C15H15BrO. The minimum atomic E-state index is 0.165. The zero-order chi connectivity index (χ0) is 12.3. The van der Waals surface area contributed by atoms with Crippen molar-refractivity contribution in [1.82, 2.24) is 0 Å². The molecule has 0 aliphatic heterocycles. The summed E-state index contributed by atoms with van der Waals surface area (Å²) in [5.74, 6) is 0.918. The van der Waals surface area contributed by atoms with Gasteiger partial charge in [-0.1, -0.05) is 64.0 Å². The predicted molar refractivity (Wildman–Crippen MR) is 74.9 cm³/mol. The lowest BCUT2D eigenvalue weighted by atomic mass is 10.0. The topological polar surface area (TPSA) is 9.23 Å². The van der Waals surface area contributed by atoms with E-state index in [1.807, 2.05) is 24.3 Å². The standard InChI is InChI=1S/C15H15BrO/c1-11-8-9-14(17-2)13(10-11)15(16)12-6-4-3-5-7-12/h3-10,15H,1-2H3. The first kappa shape index (κ1) is 12.2. The monoisotopic (exact) mass is 290 g/mol. The van der Waals surface area contributed by atoms with E-state index in [4.69, 9.17) is 4.74 Å². The molecule has 0 saturated carbocycles. The van der Waals surface area contributed by atoms with Crippen LogP contribution in [0.3, 0.4) is 0 Å². The van der Waals surface area contributed by atoms with E-state index in [1.54, 1.807) is 7.11 Å². The van der Waals surface area contributed by atoms with Crippen molar-refractivity contribution in [1.29, 1.82) is 0 Å². The van der Waals surface area contributed by atoms with Crippen LogP contribution in [0.15, 0.2) is 48.5 Å². The van der Waals surface area contributed by atoms with E-state index in [9.17, 15) is 0 Å². The van der Waals surface area contributed by atoms with E-state index in [1.165, 1.54) is 16.7 Å². The highest BCUT2D eigenvalue weighted by Gasteiger charge is 2.14. The summed E-state index contributed by atoms with van der Waals surface area (Å²) in [7, 11) is 1.71. The van der Waals surface area contributed by atoms with Gasteiger partial charge < -0.3 is 4.74 Å². The molecule has 0 spiro atoms. The van der Waals surface area contributed by atoms with Crippen molar-refractivity contribution in [2.24, 2.45) is 0 Å². The molecule has 0 fully saturated rings. The Bertz CT molecular complexity index is 494. The van der Waals surface area contributed by atoms with Crippen molar-refractivity contribution in [3.63, 3.8) is 0 Å². The zero-order valence-corrected chi connectivity index (χ0v) is 11.6. The first-order valence-corrected chi connectivity index (χ1v) is 6.47. The quantitative estimate of drug-likeness (QED) is 0.757. The number of rotatable bonds is 3. The molecule has 0 saturated heterocycles. The summed E-state index contributed by atoms with van der Waals surface area (Å²) in [5.41, 5.74) is 3.64. The zero-order valence-electron chi connectivity index (χ0n) is 9.98. The number of halogens is 1. The molecule has 2 aromatic rings. The van der Waals surface area contributed by atoms with Gasteiger partial charge in [-0.15, -0.1) is 0 Å². The molecule has 1 nitrogen and oxygen atoms in total. The molecule has 0 aromatic heterocycles. The van der Waals surface area contributed by atoms with Gasteiger partial charge in [-0.05, 0) is 18.6 Å². The Morgan fingerprint density at radius 3 is 2.41 bits per heavy atom. The van der Waals surface area contributed by atoms with Gasteiger partial charge in [0, 0.05) is 5.56 Å². The van der Waals surface area contributed by atoms with Gasteiger partial charge in [-0.25, -0.2) is 0 Å². The van der Waals surface area contributed by atoms with E-state index in [0.717, 1.165) is 5.75 Å². The van der Waals surface area contributed by atoms with Crippen molar-refractivity contribution < 1.29 is 4.74 Å². The second-order valence-corrected chi connectivity index (χ2v) is 4.93. The van der Waals surface area contributed by atoms with Crippen LogP contribution in [-0.4, -0.2) is 7.11 Å². The molecule has 1 unspecified atom stereocenters.